The number of aryl methyl sites for hydroxylation is 1. The van der Waals surface area contributed by atoms with Gasteiger partial charge in [-0.05, 0) is 30.4 Å². The predicted molar refractivity (Wildman–Crippen MR) is 89.3 cm³/mol. The molecule has 0 spiro atoms. The Morgan fingerprint density at radius 3 is 2.65 bits per heavy atom. The number of benzene rings is 1. The van der Waals surface area contributed by atoms with Gasteiger partial charge in [0.15, 0.2) is 0 Å². The van der Waals surface area contributed by atoms with Gasteiger partial charge in [0.25, 0.3) is 0 Å². The number of ether oxygens (including phenoxy) is 2. The molecular formula is C19H27NO3. The standard InChI is InChI=1S/C19H27NO3/c1-3-15-5-7-16(8-6-15)17-13-20(11-12-23-17)18(21)19(14-22-2)9-4-10-19/h5-8,17H,3-4,9-14H2,1-2H3. The van der Waals surface area contributed by atoms with Gasteiger partial charge in [-0.3, -0.25) is 4.79 Å². The van der Waals surface area contributed by atoms with Crippen LogP contribution in [0.1, 0.15) is 43.4 Å². The Hall–Kier alpha value is -1.39. The van der Waals surface area contributed by atoms with Crippen LogP contribution in [0.15, 0.2) is 24.3 Å². The Balaban J connectivity index is 1.68. The van der Waals surface area contributed by atoms with Gasteiger partial charge in [-0.1, -0.05) is 37.6 Å². The zero-order valence-electron chi connectivity index (χ0n) is 14.2. The Morgan fingerprint density at radius 1 is 1.35 bits per heavy atom. The number of amides is 1. The summed E-state index contributed by atoms with van der Waals surface area (Å²) < 4.78 is 11.2. The van der Waals surface area contributed by atoms with E-state index in [1.165, 1.54) is 5.56 Å². The van der Waals surface area contributed by atoms with Crippen molar-refractivity contribution >= 4 is 5.91 Å². The van der Waals surface area contributed by atoms with E-state index in [0.29, 0.717) is 26.3 Å². The highest BCUT2D eigenvalue weighted by Gasteiger charge is 2.47. The van der Waals surface area contributed by atoms with E-state index in [9.17, 15) is 4.79 Å². The lowest BCUT2D eigenvalue weighted by atomic mass is 9.68. The molecule has 0 radical (unpaired) electrons. The van der Waals surface area contributed by atoms with Crippen LogP contribution in [0.2, 0.25) is 0 Å². The van der Waals surface area contributed by atoms with Crippen LogP contribution in [0.5, 0.6) is 0 Å². The van der Waals surface area contributed by atoms with Gasteiger partial charge in [-0.2, -0.15) is 0 Å². The average Bonchev–Trinajstić information content (AvgIpc) is 2.58. The first-order chi connectivity index (χ1) is 11.2. The zero-order chi connectivity index (χ0) is 16.3. The molecule has 1 saturated heterocycles. The smallest absolute Gasteiger partial charge is 0.231 e. The average molecular weight is 317 g/mol. The van der Waals surface area contributed by atoms with Gasteiger partial charge >= 0.3 is 0 Å². The molecule has 1 saturated carbocycles. The van der Waals surface area contributed by atoms with Crippen molar-refractivity contribution in [3.05, 3.63) is 35.4 Å². The lowest BCUT2D eigenvalue weighted by molar-refractivity contribution is -0.159. The molecule has 23 heavy (non-hydrogen) atoms. The van der Waals surface area contributed by atoms with Crippen LogP contribution < -0.4 is 0 Å². The van der Waals surface area contributed by atoms with E-state index in [2.05, 4.69) is 31.2 Å². The summed E-state index contributed by atoms with van der Waals surface area (Å²) in [7, 11) is 1.69. The molecule has 1 unspecified atom stereocenters. The molecule has 4 heteroatoms. The molecule has 1 aromatic carbocycles. The van der Waals surface area contributed by atoms with E-state index in [0.717, 1.165) is 31.2 Å². The maximum atomic E-state index is 13.0. The Labute approximate surface area is 138 Å². The molecule has 1 heterocycles. The molecule has 0 bridgehead atoms. The van der Waals surface area contributed by atoms with Gasteiger partial charge < -0.3 is 14.4 Å². The monoisotopic (exact) mass is 317 g/mol. The molecule has 1 aliphatic carbocycles. The Morgan fingerprint density at radius 2 is 2.09 bits per heavy atom. The normalized spacial score (nSPS) is 23.4. The second kappa shape index (κ2) is 7.02. The number of carbonyl (C=O) groups is 1. The van der Waals surface area contributed by atoms with Gasteiger partial charge in [-0.25, -0.2) is 0 Å². The number of hydrogen-bond donors (Lipinski definition) is 0. The van der Waals surface area contributed by atoms with Crippen molar-refractivity contribution < 1.29 is 14.3 Å². The molecule has 0 N–H and O–H groups in total. The van der Waals surface area contributed by atoms with Gasteiger partial charge in [0, 0.05) is 13.7 Å². The van der Waals surface area contributed by atoms with Crippen molar-refractivity contribution in [3.63, 3.8) is 0 Å². The molecule has 4 nitrogen and oxygen atoms in total. The van der Waals surface area contributed by atoms with Crippen LogP contribution in [0, 0.1) is 5.41 Å². The van der Waals surface area contributed by atoms with Crippen LogP contribution in [0.25, 0.3) is 0 Å². The van der Waals surface area contributed by atoms with Crippen molar-refractivity contribution in [3.8, 4) is 0 Å². The SMILES string of the molecule is CCc1ccc(C2CN(C(=O)C3(COC)CCC3)CCO2)cc1. The molecule has 1 atom stereocenters. The van der Waals surface area contributed by atoms with Crippen LogP contribution in [-0.4, -0.2) is 44.2 Å². The van der Waals surface area contributed by atoms with E-state index in [1.54, 1.807) is 7.11 Å². The molecule has 126 valence electrons. The molecule has 1 aromatic rings. The molecule has 2 aliphatic rings. The topological polar surface area (TPSA) is 38.8 Å². The third kappa shape index (κ3) is 3.29. The van der Waals surface area contributed by atoms with Crippen molar-refractivity contribution in [1.29, 1.82) is 0 Å². The van der Waals surface area contributed by atoms with Gasteiger partial charge in [-0.15, -0.1) is 0 Å². The molecular weight excluding hydrogens is 290 g/mol. The van der Waals surface area contributed by atoms with Crippen molar-refractivity contribution in [2.24, 2.45) is 5.41 Å². The zero-order valence-corrected chi connectivity index (χ0v) is 14.2. The highest BCUT2D eigenvalue weighted by atomic mass is 16.5. The second-order valence-corrected chi connectivity index (χ2v) is 6.77. The number of carbonyl (C=O) groups excluding carboxylic acids is 1. The largest absolute Gasteiger partial charge is 0.384 e. The summed E-state index contributed by atoms with van der Waals surface area (Å²) in [4.78, 5) is 14.9. The first kappa shape index (κ1) is 16.5. The molecule has 1 aliphatic heterocycles. The van der Waals surface area contributed by atoms with Crippen molar-refractivity contribution in [2.45, 2.75) is 38.7 Å². The number of methoxy groups -OCH3 is 1. The van der Waals surface area contributed by atoms with E-state index >= 15 is 0 Å². The quantitative estimate of drug-likeness (QED) is 0.838. The summed E-state index contributed by atoms with van der Waals surface area (Å²) in [6.07, 6.45) is 4.05. The molecule has 1 amide bonds. The minimum Gasteiger partial charge on any atom is -0.384 e. The highest BCUT2D eigenvalue weighted by molar-refractivity contribution is 5.84. The summed E-state index contributed by atoms with van der Waals surface area (Å²) in [5.74, 6) is 0.254. The summed E-state index contributed by atoms with van der Waals surface area (Å²) in [5, 5.41) is 0. The lowest BCUT2D eigenvalue weighted by Crippen LogP contribution is -2.53. The minimum atomic E-state index is -0.275. The third-order valence-electron chi connectivity index (χ3n) is 5.30. The number of morpholine rings is 1. The fourth-order valence-corrected chi connectivity index (χ4v) is 3.64. The van der Waals surface area contributed by atoms with Gasteiger partial charge in [0.2, 0.25) is 5.91 Å². The van der Waals surface area contributed by atoms with E-state index in [-0.39, 0.29) is 17.4 Å². The van der Waals surface area contributed by atoms with Gasteiger partial charge in [0.1, 0.15) is 6.10 Å². The maximum absolute atomic E-state index is 13.0. The first-order valence-corrected chi connectivity index (χ1v) is 8.67. The Kier molecular flexibility index (Phi) is 5.02. The van der Waals surface area contributed by atoms with Crippen LogP contribution in [0.4, 0.5) is 0 Å². The highest BCUT2D eigenvalue weighted by Crippen LogP contribution is 2.43. The van der Waals surface area contributed by atoms with E-state index in [4.69, 9.17) is 9.47 Å². The van der Waals surface area contributed by atoms with Crippen LogP contribution >= 0.6 is 0 Å². The number of nitrogens with zero attached hydrogens (tertiary/aromatic N) is 1. The van der Waals surface area contributed by atoms with Crippen molar-refractivity contribution in [1.82, 2.24) is 4.90 Å². The first-order valence-electron chi connectivity index (χ1n) is 8.67. The third-order valence-corrected chi connectivity index (χ3v) is 5.30. The Bertz CT molecular complexity index is 536. The van der Waals surface area contributed by atoms with Crippen LogP contribution in [0.3, 0.4) is 0 Å². The summed E-state index contributed by atoms with van der Waals surface area (Å²) in [6, 6.07) is 8.56. The number of rotatable bonds is 5. The second-order valence-electron chi connectivity index (χ2n) is 6.77. The molecule has 3 rings (SSSR count). The summed E-state index contributed by atoms with van der Waals surface area (Å²) >= 11 is 0. The fraction of sp³-hybridized carbons (Fsp3) is 0.632. The number of hydrogen-bond acceptors (Lipinski definition) is 3. The summed E-state index contributed by atoms with van der Waals surface area (Å²) in [6.45, 7) is 4.64. The maximum Gasteiger partial charge on any atom is 0.231 e. The van der Waals surface area contributed by atoms with E-state index < -0.39 is 0 Å². The van der Waals surface area contributed by atoms with Crippen LogP contribution in [-0.2, 0) is 20.7 Å². The lowest BCUT2D eigenvalue weighted by Gasteiger charge is -2.45. The molecule has 0 aromatic heterocycles. The van der Waals surface area contributed by atoms with E-state index in [1.807, 2.05) is 4.90 Å². The fourth-order valence-electron chi connectivity index (χ4n) is 3.64. The minimum absolute atomic E-state index is 0.0155. The van der Waals surface area contributed by atoms with Gasteiger partial charge in [0.05, 0.1) is 25.2 Å². The predicted octanol–water partition coefficient (Wildman–Crippen LogP) is 2.97. The van der Waals surface area contributed by atoms with Crippen molar-refractivity contribution in [2.75, 3.05) is 33.4 Å². The molecule has 2 fully saturated rings. The summed E-state index contributed by atoms with van der Waals surface area (Å²) in [5.41, 5.74) is 2.21.